The number of rotatable bonds is 2. The maximum atomic E-state index is 9.34. The fourth-order valence-electron chi connectivity index (χ4n) is 1.56. The van der Waals surface area contributed by atoms with Crippen molar-refractivity contribution in [1.29, 1.82) is 5.26 Å². The van der Waals surface area contributed by atoms with Crippen LogP contribution in [0.25, 0.3) is 10.6 Å². The summed E-state index contributed by atoms with van der Waals surface area (Å²) in [7, 11) is 0. The minimum atomic E-state index is 0.430. The number of hydrogen-bond donors (Lipinski definition) is 0. The molecule has 1 aromatic carbocycles. The third-order valence-electron chi connectivity index (χ3n) is 2.47. The fourth-order valence-corrected chi connectivity index (χ4v) is 2.92. The number of halogens is 3. The summed E-state index contributed by atoms with van der Waals surface area (Å²) in [6.45, 7) is 0. The van der Waals surface area contributed by atoms with Crippen molar-refractivity contribution in [2.45, 2.75) is 0 Å². The van der Waals surface area contributed by atoms with E-state index >= 15 is 0 Å². The Kier molecular flexibility index (Phi) is 4.97. The third kappa shape index (κ3) is 3.35. The molecule has 0 saturated heterocycles. The molecule has 0 bridgehead atoms. The first-order chi connectivity index (χ1) is 9.13. The Bertz CT molecular complexity index is 678. The van der Waals surface area contributed by atoms with Gasteiger partial charge < -0.3 is 0 Å². The number of pyridine rings is 1. The number of benzene rings is 1. The highest BCUT2D eigenvalue weighted by Gasteiger charge is 2.12. The summed E-state index contributed by atoms with van der Waals surface area (Å²) in [4.78, 5) is 3.94. The lowest BCUT2D eigenvalue weighted by Crippen LogP contribution is -1.89. The first-order valence-corrected chi connectivity index (χ1v) is 7.54. The van der Waals surface area contributed by atoms with Crippen LogP contribution in [-0.2, 0) is 0 Å². The molecule has 5 heteroatoms. The van der Waals surface area contributed by atoms with Crippen LogP contribution in [0.4, 0.5) is 0 Å². The molecule has 0 unspecified atom stereocenters. The zero-order chi connectivity index (χ0) is 13.8. The molecule has 2 nitrogen and oxygen atoms in total. The summed E-state index contributed by atoms with van der Waals surface area (Å²) in [6, 6.07) is 11.5. The SMILES string of the molecule is N#C/C(=C(/Cl)c1cc(I)ccc1Br)c1ccncc1. The molecule has 1 heterocycles. The van der Waals surface area contributed by atoms with E-state index < -0.39 is 0 Å². The lowest BCUT2D eigenvalue weighted by Gasteiger charge is -2.07. The van der Waals surface area contributed by atoms with E-state index in [-0.39, 0.29) is 0 Å². The molecule has 0 saturated carbocycles. The lowest BCUT2D eigenvalue weighted by molar-refractivity contribution is 1.32. The van der Waals surface area contributed by atoms with Crippen LogP contribution in [0, 0.1) is 14.9 Å². The number of nitriles is 1. The van der Waals surface area contributed by atoms with Crippen molar-refractivity contribution in [3.63, 3.8) is 0 Å². The Morgan fingerprint density at radius 1 is 1.26 bits per heavy atom. The van der Waals surface area contributed by atoms with Gasteiger partial charge in [0.05, 0.1) is 10.6 Å². The molecule has 2 rings (SSSR count). The highest BCUT2D eigenvalue weighted by Crippen LogP contribution is 2.34. The van der Waals surface area contributed by atoms with Crippen LogP contribution >= 0.6 is 50.1 Å². The predicted molar refractivity (Wildman–Crippen MR) is 89.4 cm³/mol. The van der Waals surface area contributed by atoms with Crippen LogP contribution in [0.1, 0.15) is 11.1 Å². The number of nitrogens with zero attached hydrogens (tertiary/aromatic N) is 2. The van der Waals surface area contributed by atoms with Gasteiger partial charge in [-0.1, -0.05) is 27.5 Å². The zero-order valence-electron chi connectivity index (χ0n) is 9.57. The van der Waals surface area contributed by atoms with Crippen molar-refractivity contribution >= 4 is 60.7 Å². The maximum absolute atomic E-state index is 9.34. The van der Waals surface area contributed by atoms with Crippen molar-refractivity contribution in [1.82, 2.24) is 4.98 Å². The molecule has 0 aliphatic rings. The number of aromatic nitrogens is 1. The molecule has 0 aliphatic heterocycles. The Labute approximate surface area is 138 Å². The van der Waals surface area contributed by atoms with Crippen molar-refractivity contribution in [3.05, 3.63) is 61.9 Å². The lowest BCUT2D eigenvalue weighted by atomic mass is 10.0. The van der Waals surface area contributed by atoms with Gasteiger partial charge in [-0.2, -0.15) is 5.26 Å². The zero-order valence-corrected chi connectivity index (χ0v) is 14.1. The maximum Gasteiger partial charge on any atom is 0.101 e. The second-order valence-electron chi connectivity index (χ2n) is 3.66. The van der Waals surface area contributed by atoms with Gasteiger partial charge >= 0.3 is 0 Å². The molecule has 0 aliphatic carbocycles. The van der Waals surface area contributed by atoms with Gasteiger partial charge in [-0.3, -0.25) is 4.98 Å². The molecule has 19 heavy (non-hydrogen) atoms. The molecular formula is C14H7BrClIN2. The molecule has 2 aromatic rings. The third-order valence-corrected chi connectivity index (χ3v) is 4.22. The van der Waals surface area contributed by atoms with E-state index in [4.69, 9.17) is 11.6 Å². The Morgan fingerprint density at radius 2 is 1.95 bits per heavy atom. The summed E-state index contributed by atoms with van der Waals surface area (Å²) in [5, 5.41) is 9.77. The van der Waals surface area contributed by atoms with Gasteiger partial charge in [0.1, 0.15) is 6.07 Å². The van der Waals surface area contributed by atoms with E-state index in [9.17, 15) is 5.26 Å². The highest BCUT2D eigenvalue weighted by molar-refractivity contribution is 14.1. The van der Waals surface area contributed by atoms with Crippen molar-refractivity contribution in [2.75, 3.05) is 0 Å². The standard InChI is InChI=1S/C14H7BrClIN2/c15-13-2-1-10(17)7-11(13)14(16)12(8-18)9-3-5-19-6-4-9/h1-7H/b14-12-. The van der Waals surface area contributed by atoms with E-state index in [0.29, 0.717) is 10.6 Å². The smallest absolute Gasteiger partial charge is 0.101 e. The number of hydrogen-bond acceptors (Lipinski definition) is 2. The quantitative estimate of drug-likeness (QED) is 0.478. The summed E-state index contributed by atoms with van der Waals surface area (Å²) >= 11 is 12.1. The van der Waals surface area contributed by atoms with Gasteiger partial charge in [-0.05, 0) is 58.5 Å². The van der Waals surface area contributed by atoms with Crippen molar-refractivity contribution < 1.29 is 0 Å². The minimum absolute atomic E-state index is 0.430. The molecule has 0 radical (unpaired) electrons. The van der Waals surface area contributed by atoms with E-state index in [1.54, 1.807) is 24.5 Å². The normalized spacial score (nSPS) is 11.7. The van der Waals surface area contributed by atoms with Gasteiger partial charge in [-0.15, -0.1) is 0 Å². The van der Waals surface area contributed by atoms with E-state index in [0.717, 1.165) is 19.2 Å². The van der Waals surface area contributed by atoms with Crippen LogP contribution in [0.2, 0.25) is 0 Å². The predicted octanol–water partition coefficient (Wildman–Crippen LogP) is 5.08. The molecule has 0 spiro atoms. The van der Waals surface area contributed by atoms with Crippen LogP contribution < -0.4 is 0 Å². The summed E-state index contributed by atoms with van der Waals surface area (Å²) in [5.74, 6) is 0. The van der Waals surface area contributed by atoms with Crippen LogP contribution in [0.15, 0.2) is 47.2 Å². The summed E-state index contributed by atoms with van der Waals surface area (Å²) in [5.41, 5.74) is 2.00. The first kappa shape index (κ1) is 14.5. The van der Waals surface area contributed by atoms with Crippen molar-refractivity contribution in [2.24, 2.45) is 0 Å². The fraction of sp³-hybridized carbons (Fsp3) is 0. The molecule has 1 aromatic heterocycles. The second-order valence-corrected chi connectivity index (χ2v) is 6.14. The Balaban J connectivity index is 2.62. The van der Waals surface area contributed by atoms with Gasteiger partial charge in [0, 0.05) is 26.0 Å². The Hall–Kier alpha value is -0.900. The highest BCUT2D eigenvalue weighted by atomic mass is 127. The average Bonchev–Trinajstić information content (AvgIpc) is 2.43. The monoisotopic (exact) mass is 444 g/mol. The topological polar surface area (TPSA) is 36.7 Å². The molecule has 94 valence electrons. The summed E-state index contributed by atoms with van der Waals surface area (Å²) in [6.07, 6.45) is 3.28. The van der Waals surface area contributed by atoms with Crippen molar-refractivity contribution in [3.8, 4) is 6.07 Å². The average molecular weight is 445 g/mol. The molecule has 0 fully saturated rings. The van der Waals surface area contributed by atoms with Gasteiger partial charge in [-0.25, -0.2) is 0 Å². The van der Waals surface area contributed by atoms with E-state index in [2.05, 4.69) is 49.6 Å². The summed E-state index contributed by atoms with van der Waals surface area (Å²) < 4.78 is 1.92. The van der Waals surface area contributed by atoms with Crippen LogP contribution in [-0.4, -0.2) is 4.98 Å². The molecule has 0 amide bonds. The van der Waals surface area contributed by atoms with Gasteiger partial charge in [0.25, 0.3) is 0 Å². The first-order valence-electron chi connectivity index (χ1n) is 5.29. The molecule has 0 atom stereocenters. The minimum Gasteiger partial charge on any atom is -0.265 e. The second kappa shape index (κ2) is 6.51. The molecular weight excluding hydrogens is 438 g/mol. The largest absolute Gasteiger partial charge is 0.265 e. The van der Waals surface area contributed by atoms with Gasteiger partial charge in [0.15, 0.2) is 0 Å². The van der Waals surface area contributed by atoms with Crippen LogP contribution in [0.5, 0.6) is 0 Å². The molecule has 0 N–H and O–H groups in total. The number of allylic oxidation sites excluding steroid dienone is 1. The Morgan fingerprint density at radius 3 is 2.58 bits per heavy atom. The van der Waals surface area contributed by atoms with E-state index in [1.807, 2.05) is 18.2 Å². The van der Waals surface area contributed by atoms with Crippen LogP contribution in [0.3, 0.4) is 0 Å². The van der Waals surface area contributed by atoms with Gasteiger partial charge in [0.2, 0.25) is 0 Å². The van der Waals surface area contributed by atoms with E-state index in [1.165, 1.54) is 0 Å².